The van der Waals surface area contributed by atoms with Gasteiger partial charge in [0.05, 0.1) is 26.4 Å². The van der Waals surface area contributed by atoms with Crippen molar-refractivity contribution in [1.29, 1.82) is 0 Å². The second-order valence-corrected chi connectivity index (χ2v) is 8.94. The maximum absolute atomic E-state index is 10.6. The molecule has 0 unspecified atom stereocenters. The van der Waals surface area contributed by atoms with Crippen molar-refractivity contribution in [2.75, 3.05) is 26.4 Å². The fraction of sp³-hybridized carbons (Fsp3) is 0.950. The summed E-state index contributed by atoms with van der Waals surface area (Å²) in [6.07, 6.45) is -23.8. The fourth-order valence-electron chi connectivity index (χ4n) is 3.96. The van der Waals surface area contributed by atoms with Gasteiger partial charge in [0.2, 0.25) is 0 Å². The Labute approximate surface area is 209 Å². The Bertz CT molecular complexity index is 714. The lowest BCUT2D eigenvalue weighted by Crippen LogP contribution is -2.62. The summed E-state index contributed by atoms with van der Waals surface area (Å²) in [6, 6.07) is 0. The molecule has 0 saturated carbocycles. The summed E-state index contributed by atoms with van der Waals surface area (Å²) in [5, 5.41) is 99.4. The molecule has 3 saturated heterocycles. The Kier molecular flexibility index (Phi) is 11.1. The zero-order valence-electron chi connectivity index (χ0n) is 19.4. The van der Waals surface area contributed by atoms with Crippen LogP contribution in [0.4, 0.5) is 0 Å². The molecule has 0 radical (unpaired) electrons. The van der Waals surface area contributed by atoms with Gasteiger partial charge in [-0.2, -0.15) is 0 Å². The second kappa shape index (κ2) is 13.4. The first-order valence-corrected chi connectivity index (χ1v) is 11.5. The molecule has 0 aromatic carbocycles. The predicted molar refractivity (Wildman–Crippen MR) is 111 cm³/mol. The van der Waals surface area contributed by atoms with Crippen LogP contribution < -0.4 is 0 Å². The molecule has 3 heterocycles. The number of hydrogen-bond donors (Lipinski definition) is 10. The summed E-state index contributed by atoms with van der Waals surface area (Å²) >= 11 is 0. The summed E-state index contributed by atoms with van der Waals surface area (Å²) < 4.78 is 31.7. The molecule has 0 aromatic heterocycles. The molecular formula is C20H34O17. The number of hydrogen-bond acceptors (Lipinski definition) is 17. The van der Waals surface area contributed by atoms with Crippen LogP contribution in [0.3, 0.4) is 0 Å². The molecule has 37 heavy (non-hydrogen) atoms. The SMILES string of the molecule is O=C[C@H](O)[C@@H](O)[C@@H](CO)O[C@@H]1OC[C@@H](O[C@@H]2OC[C@@H](O[C@@H]3OC[C@@H](O)[C@H](O)[C@H]3O)[C@H](O)[C@H]2O)[C@H](O)[C@H]1O. The van der Waals surface area contributed by atoms with E-state index in [1.54, 1.807) is 0 Å². The van der Waals surface area contributed by atoms with Gasteiger partial charge in [-0.1, -0.05) is 0 Å². The van der Waals surface area contributed by atoms with Gasteiger partial charge in [-0.15, -0.1) is 0 Å². The van der Waals surface area contributed by atoms with Crippen molar-refractivity contribution in [3.05, 3.63) is 0 Å². The zero-order chi connectivity index (χ0) is 27.4. The quantitative estimate of drug-likeness (QED) is 0.114. The summed E-state index contributed by atoms with van der Waals surface area (Å²) in [5.41, 5.74) is 0. The Balaban J connectivity index is 1.52. The summed E-state index contributed by atoms with van der Waals surface area (Å²) in [7, 11) is 0. The minimum Gasteiger partial charge on any atom is -0.394 e. The van der Waals surface area contributed by atoms with Crippen LogP contribution in [-0.4, -0.2) is 176 Å². The molecule has 216 valence electrons. The number of ether oxygens (including phenoxy) is 6. The number of rotatable bonds is 10. The minimum atomic E-state index is -1.88. The van der Waals surface area contributed by atoms with Gasteiger partial charge in [0.15, 0.2) is 25.2 Å². The van der Waals surface area contributed by atoms with Crippen molar-refractivity contribution in [1.82, 2.24) is 0 Å². The van der Waals surface area contributed by atoms with E-state index in [4.69, 9.17) is 28.4 Å². The van der Waals surface area contributed by atoms with E-state index in [-0.39, 0.29) is 19.5 Å². The minimum absolute atomic E-state index is 0.0190. The molecule has 0 bridgehead atoms. The number of carbonyl (C=O) groups excluding carboxylic acids is 1. The van der Waals surface area contributed by atoms with E-state index >= 15 is 0 Å². The monoisotopic (exact) mass is 546 g/mol. The van der Waals surface area contributed by atoms with E-state index < -0.39 is 105 Å². The lowest BCUT2D eigenvalue weighted by Gasteiger charge is -2.44. The van der Waals surface area contributed by atoms with Crippen molar-refractivity contribution in [3.8, 4) is 0 Å². The largest absolute Gasteiger partial charge is 0.394 e. The molecule has 0 amide bonds. The van der Waals surface area contributed by atoms with E-state index in [1.807, 2.05) is 0 Å². The molecule has 17 heteroatoms. The molecule has 3 aliphatic rings. The van der Waals surface area contributed by atoms with Gasteiger partial charge in [-0.3, -0.25) is 0 Å². The van der Waals surface area contributed by atoms with Crippen LogP contribution >= 0.6 is 0 Å². The highest BCUT2D eigenvalue weighted by atomic mass is 16.7. The molecule has 0 aliphatic carbocycles. The van der Waals surface area contributed by atoms with Crippen LogP contribution in [0.1, 0.15) is 0 Å². The Morgan fingerprint density at radius 1 is 0.703 bits per heavy atom. The van der Waals surface area contributed by atoms with Gasteiger partial charge in [0, 0.05) is 0 Å². The molecule has 0 spiro atoms. The van der Waals surface area contributed by atoms with Gasteiger partial charge < -0.3 is 84.3 Å². The zero-order valence-corrected chi connectivity index (χ0v) is 19.4. The summed E-state index contributed by atoms with van der Waals surface area (Å²) in [5.74, 6) is 0. The molecule has 3 aliphatic heterocycles. The van der Waals surface area contributed by atoms with Crippen LogP contribution in [0.25, 0.3) is 0 Å². The average Bonchev–Trinajstić information content (AvgIpc) is 2.89. The van der Waals surface area contributed by atoms with Crippen molar-refractivity contribution < 1.29 is 84.3 Å². The summed E-state index contributed by atoms with van der Waals surface area (Å²) in [6.45, 7) is -2.04. The Morgan fingerprint density at radius 2 is 1.16 bits per heavy atom. The molecule has 3 fully saturated rings. The lowest BCUT2D eigenvalue weighted by atomic mass is 10.0. The highest BCUT2D eigenvalue weighted by molar-refractivity contribution is 5.56. The van der Waals surface area contributed by atoms with Gasteiger partial charge >= 0.3 is 0 Å². The lowest BCUT2D eigenvalue weighted by molar-refractivity contribution is -0.352. The maximum atomic E-state index is 10.6. The first-order valence-electron chi connectivity index (χ1n) is 11.5. The van der Waals surface area contributed by atoms with E-state index in [0.29, 0.717) is 0 Å². The van der Waals surface area contributed by atoms with E-state index in [0.717, 1.165) is 0 Å². The normalized spacial score (nSPS) is 45.7. The number of carbonyl (C=O) groups is 1. The Morgan fingerprint density at radius 3 is 1.68 bits per heavy atom. The summed E-state index contributed by atoms with van der Waals surface area (Å²) in [4.78, 5) is 10.6. The molecular weight excluding hydrogens is 512 g/mol. The highest BCUT2D eigenvalue weighted by Gasteiger charge is 2.48. The van der Waals surface area contributed by atoms with Gasteiger partial charge in [0.1, 0.15) is 73.2 Å². The van der Waals surface area contributed by atoms with Crippen molar-refractivity contribution in [2.45, 2.75) is 92.1 Å². The smallest absolute Gasteiger partial charge is 0.186 e. The van der Waals surface area contributed by atoms with E-state index in [2.05, 4.69) is 0 Å². The molecule has 17 nitrogen and oxygen atoms in total. The third-order valence-corrected chi connectivity index (χ3v) is 6.30. The van der Waals surface area contributed by atoms with Crippen LogP contribution in [0.5, 0.6) is 0 Å². The number of aliphatic hydroxyl groups is 10. The van der Waals surface area contributed by atoms with Gasteiger partial charge in [0.25, 0.3) is 0 Å². The fourth-order valence-corrected chi connectivity index (χ4v) is 3.96. The number of aliphatic hydroxyl groups excluding tert-OH is 10. The van der Waals surface area contributed by atoms with Crippen LogP contribution in [0.15, 0.2) is 0 Å². The molecule has 0 aromatic rings. The predicted octanol–water partition coefficient (Wildman–Crippen LogP) is -7.35. The van der Waals surface area contributed by atoms with Crippen molar-refractivity contribution in [2.24, 2.45) is 0 Å². The third kappa shape index (κ3) is 6.97. The molecule has 3 rings (SSSR count). The van der Waals surface area contributed by atoms with Crippen LogP contribution in [0, 0.1) is 0 Å². The van der Waals surface area contributed by atoms with E-state index in [1.165, 1.54) is 0 Å². The highest BCUT2D eigenvalue weighted by Crippen LogP contribution is 2.27. The van der Waals surface area contributed by atoms with E-state index in [9.17, 15) is 55.9 Å². The van der Waals surface area contributed by atoms with Crippen LogP contribution in [-0.2, 0) is 33.2 Å². The topological polar surface area (TPSA) is 275 Å². The third-order valence-electron chi connectivity index (χ3n) is 6.30. The molecule has 10 N–H and O–H groups in total. The second-order valence-electron chi connectivity index (χ2n) is 8.94. The van der Waals surface area contributed by atoms with Crippen molar-refractivity contribution in [3.63, 3.8) is 0 Å². The van der Waals surface area contributed by atoms with Crippen LogP contribution in [0.2, 0.25) is 0 Å². The first kappa shape index (κ1) is 30.6. The first-order chi connectivity index (χ1) is 17.5. The van der Waals surface area contributed by atoms with Gasteiger partial charge in [-0.05, 0) is 0 Å². The maximum Gasteiger partial charge on any atom is 0.186 e. The standard InChI is InChI=1S/C20H34O17/c21-1-6(23)11(25)8(2-22)35-19-16(30)13(27)10(4-33-19)37-20-17(31)14(28)9(5-34-20)36-18-15(29)12(26)7(24)3-32-18/h1,6-20,22-31H,2-5H2/t6-,7+,8+,9+,10+,11+,12-,13-,14-,15+,16+,17+,18-,19-,20-/m0/s1. The van der Waals surface area contributed by atoms with Gasteiger partial charge in [-0.25, -0.2) is 0 Å². The van der Waals surface area contributed by atoms with Crippen molar-refractivity contribution >= 4 is 6.29 Å². The Hall–Kier alpha value is -0.970. The number of aldehydes is 1. The average molecular weight is 546 g/mol. The molecule has 15 atom stereocenters.